The highest BCUT2D eigenvalue weighted by atomic mass is 16.5. The molecule has 20 heavy (non-hydrogen) atoms. The van der Waals surface area contributed by atoms with E-state index < -0.39 is 0 Å². The second-order valence-corrected chi connectivity index (χ2v) is 5.64. The quantitative estimate of drug-likeness (QED) is 0.901. The third-order valence-corrected chi connectivity index (χ3v) is 4.18. The van der Waals surface area contributed by atoms with Gasteiger partial charge in [-0.2, -0.15) is 0 Å². The minimum atomic E-state index is -0.0680. The van der Waals surface area contributed by atoms with Crippen molar-refractivity contribution in [2.24, 2.45) is 5.73 Å². The third kappa shape index (κ3) is 2.44. The molecule has 0 aromatic heterocycles. The average Bonchev–Trinajstić information content (AvgIpc) is 2.49. The lowest BCUT2D eigenvalue weighted by molar-refractivity contribution is 0.288. The Labute approximate surface area is 120 Å². The summed E-state index contributed by atoms with van der Waals surface area (Å²) in [7, 11) is 0. The van der Waals surface area contributed by atoms with Crippen LogP contribution in [0.5, 0.6) is 5.75 Å². The third-order valence-electron chi connectivity index (χ3n) is 4.18. The van der Waals surface area contributed by atoms with Gasteiger partial charge in [-0.05, 0) is 60.6 Å². The molecule has 0 saturated heterocycles. The second kappa shape index (κ2) is 5.29. The van der Waals surface area contributed by atoms with Crippen molar-refractivity contribution in [1.82, 2.24) is 0 Å². The van der Waals surface area contributed by atoms with Crippen LogP contribution < -0.4 is 10.5 Å². The molecular weight excluding hydrogens is 246 g/mol. The Morgan fingerprint density at radius 3 is 2.55 bits per heavy atom. The van der Waals surface area contributed by atoms with Crippen LogP contribution in [0.25, 0.3) is 0 Å². The Balaban J connectivity index is 1.93. The molecule has 1 heterocycles. The lowest BCUT2D eigenvalue weighted by Crippen LogP contribution is -2.14. The van der Waals surface area contributed by atoms with Crippen molar-refractivity contribution in [3.05, 3.63) is 64.2 Å². The summed E-state index contributed by atoms with van der Waals surface area (Å²) in [6.45, 7) is 5.09. The number of benzene rings is 2. The SMILES string of the molecule is Cc1ccc(C(N)c2ccc3c(c2)CCCO3)cc1C. The number of fused-ring (bicyclic) bond motifs is 1. The Morgan fingerprint density at radius 2 is 1.75 bits per heavy atom. The largest absolute Gasteiger partial charge is 0.493 e. The number of hydrogen-bond donors (Lipinski definition) is 1. The van der Waals surface area contributed by atoms with Crippen molar-refractivity contribution in [1.29, 1.82) is 0 Å². The Bertz CT molecular complexity index is 633. The summed E-state index contributed by atoms with van der Waals surface area (Å²) in [6, 6.07) is 12.7. The van der Waals surface area contributed by atoms with Gasteiger partial charge in [-0.25, -0.2) is 0 Å². The highest BCUT2D eigenvalue weighted by molar-refractivity contribution is 5.43. The molecule has 2 aromatic rings. The van der Waals surface area contributed by atoms with E-state index >= 15 is 0 Å². The van der Waals surface area contributed by atoms with E-state index in [0.717, 1.165) is 30.8 Å². The van der Waals surface area contributed by atoms with Gasteiger partial charge >= 0.3 is 0 Å². The van der Waals surface area contributed by atoms with Crippen LogP contribution in [0.15, 0.2) is 36.4 Å². The molecule has 0 amide bonds. The van der Waals surface area contributed by atoms with Crippen molar-refractivity contribution >= 4 is 0 Å². The Hall–Kier alpha value is -1.80. The fourth-order valence-corrected chi connectivity index (χ4v) is 2.72. The van der Waals surface area contributed by atoms with Gasteiger partial charge < -0.3 is 10.5 Å². The van der Waals surface area contributed by atoms with Gasteiger partial charge in [-0.1, -0.05) is 30.3 Å². The van der Waals surface area contributed by atoms with Crippen molar-refractivity contribution in [3.63, 3.8) is 0 Å². The van der Waals surface area contributed by atoms with Crippen LogP contribution in [0.1, 0.15) is 40.3 Å². The van der Waals surface area contributed by atoms with Crippen LogP contribution in [-0.2, 0) is 6.42 Å². The first-order valence-corrected chi connectivity index (χ1v) is 7.23. The predicted octanol–water partition coefficient (Wildman–Crippen LogP) is 3.68. The second-order valence-electron chi connectivity index (χ2n) is 5.64. The number of rotatable bonds is 2. The van der Waals surface area contributed by atoms with Gasteiger partial charge in [0.05, 0.1) is 12.6 Å². The lowest BCUT2D eigenvalue weighted by Gasteiger charge is -2.20. The summed E-state index contributed by atoms with van der Waals surface area (Å²) in [6.07, 6.45) is 2.18. The van der Waals surface area contributed by atoms with Gasteiger partial charge in [0.2, 0.25) is 0 Å². The molecule has 1 unspecified atom stereocenters. The first kappa shape index (κ1) is 13.2. The molecule has 1 aliphatic rings. The summed E-state index contributed by atoms with van der Waals surface area (Å²) in [5.41, 5.74) is 12.6. The molecule has 0 bridgehead atoms. The highest BCUT2D eigenvalue weighted by Gasteiger charge is 2.15. The molecule has 104 valence electrons. The maximum atomic E-state index is 6.43. The maximum Gasteiger partial charge on any atom is 0.122 e. The molecule has 0 saturated carbocycles. The molecule has 0 radical (unpaired) electrons. The number of nitrogens with two attached hydrogens (primary N) is 1. The monoisotopic (exact) mass is 267 g/mol. The van der Waals surface area contributed by atoms with E-state index in [-0.39, 0.29) is 6.04 Å². The van der Waals surface area contributed by atoms with Crippen molar-refractivity contribution in [2.45, 2.75) is 32.7 Å². The van der Waals surface area contributed by atoms with Crippen LogP contribution >= 0.6 is 0 Å². The van der Waals surface area contributed by atoms with Gasteiger partial charge in [-0.3, -0.25) is 0 Å². The molecule has 2 aromatic carbocycles. The van der Waals surface area contributed by atoms with Crippen molar-refractivity contribution in [3.8, 4) is 5.75 Å². The van der Waals surface area contributed by atoms with Crippen LogP contribution in [0.4, 0.5) is 0 Å². The molecule has 2 heteroatoms. The van der Waals surface area contributed by atoms with Crippen LogP contribution in [-0.4, -0.2) is 6.61 Å². The summed E-state index contributed by atoms with van der Waals surface area (Å²) >= 11 is 0. The van der Waals surface area contributed by atoms with Crippen LogP contribution in [0.3, 0.4) is 0 Å². The van der Waals surface area contributed by atoms with E-state index in [9.17, 15) is 0 Å². The van der Waals surface area contributed by atoms with Crippen LogP contribution in [0.2, 0.25) is 0 Å². The summed E-state index contributed by atoms with van der Waals surface area (Å²) < 4.78 is 5.66. The topological polar surface area (TPSA) is 35.2 Å². The minimum Gasteiger partial charge on any atom is -0.493 e. The molecule has 2 N–H and O–H groups in total. The van der Waals surface area contributed by atoms with E-state index in [1.165, 1.54) is 22.3 Å². The molecule has 3 rings (SSSR count). The fourth-order valence-electron chi connectivity index (χ4n) is 2.72. The summed E-state index contributed by atoms with van der Waals surface area (Å²) in [4.78, 5) is 0. The first-order valence-electron chi connectivity index (χ1n) is 7.23. The van der Waals surface area contributed by atoms with Gasteiger partial charge in [-0.15, -0.1) is 0 Å². The number of ether oxygens (including phenoxy) is 1. The normalized spacial score (nSPS) is 15.3. The van der Waals surface area contributed by atoms with Crippen molar-refractivity contribution < 1.29 is 4.74 Å². The molecule has 2 nitrogen and oxygen atoms in total. The predicted molar refractivity (Wildman–Crippen MR) is 82.2 cm³/mol. The average molecular weight is 267 g/mol. The van der Waals surface area contributed by atoms with Gasteiger partial charge in [0, 0.05) is 0 Å². The van der Waals surface area contributed by atoms with Crippen LogP contribution in [0, 0.1) is 13.8 Å². The molecule has 0 spiro atoms. The highest BCUT2D eigenvalue weighted by Crippen LogP contribution is 2.29. The van der Waals surface area contributed by atoms with Crippen molar-refractivity contribution in [2.75, 3.05) is 6.61 Å². The number of aryl methyl sites for hydroxylation is 3. The number of hydrogen-bond acceptors (Lipinski definition) is 2. The zero-order valence-corrected chi connectivity index (χ0v) is 12.1. The lowest BCUT2D eigenvalue weighted by atomic mass is 9.94. The smallest absolute Gasteiger partial charge is 0.122 e. The maximum absolute atomic E-state index is 6.43. The van der Waals surface area contributed by atoms with E-state index in [2.05, 4.69) is 50.2 Å². The minimum absolute atomic E-state index is 0.0680. The van der Waals surface area contributed by atoms with E-state index in [4.69, 9.17) is 10.5 Å². The molecule has 0 aliphatic carbocycles. The van der Waals surface area contributed by atoms with Gasteiger partial charge in [0.25, 0.3) is 0 Å². The molecular formula is C18H21NO. The first-order chi connectivity index (χ1) is 9.65. The summed E-state index contributed by atoms with van der Waals surface area (Å²) in [5, 5.41) is 0. The molecule has 0 fully saturated rings. The van der Waals surface area contributed by atoms with Gasteiger partial charge in [0.15, 0.2) is 0 Å². The van der Waals surface area contributed by atoms with E-state index in [0.29, 0.717) is 0 Å². The summed E-state index contributed by atoms with van der Waals surface area (Å²) in [5.74, 6) is 1.02. The molecule has 1 aliphatic heterocycles. The zero-order valence-electron chi connectivity index (χ0n) is 12.1. The van der Waals surface area contributed by atoms with E-state index in [1.54, 1.807) is 0 Å². The van der Waals surface area contributed by atoms with E-state index in [1.807, 2.05) is 0 Å². The Kier molecular flexibility index (Phi) is 3.49. The fraction of sp³-hybridized carbons (Fsp3) is 0.333. The molecule has 1 atom stereocenters. The van der Waals surface area contributed by atoms with Gasteiger partial charge in [0.1, 0.15) is 5.75 Å². The zero-order chi connectivity index (χ0) is 14.1. The standard InChI is InChI=1S/C18H21NO/c1-12-5-6-15(10-13(12)2)18(19)16-7-8-17-14(11-16)4-3-9-20-17/h5-8,10-11,18H,3-4,9,19H2,1-2H3. The Morgan fingerprint density at radius 1 is 1.00 bits per heavy atom.